The molecule has 0 radical (unpaired) electrons. The van der Waals surface area contributed by atoms with E-state index in [1.807, 2.05) is 0 Å². The summed E-state index contributed by atoms with van der Waals surface area (Å²) in [4.78, 5) is 11.9. The summed E-state index contributed by atoms with van der Waals surface area (Å²) in [6.07, 6.45) is 0.224. The van der Waals surface area contributed by atoms with E-state index in [-0.39, 0.29) is 11.6 Å². The number of carbonyl (C=O) groups is 1. The molecule has 0 saturated heterocycles. The molecule has 1 amide bonds. The fourth-order valence-electron chi connectivity index (χ4n) is 2.65. The van der Waals surface area contributed by atoms with Crippen LogP contribution in [0.25, 0.3) is 0 Å². The Balaban J connectivity index is 2.19. The van der Waals surface area contributed by atoms with E-state index >= 15 is 0 Å². The molecular formula is C15H18F3NO. The highest BCUT2D eigenvalue weighted by molar-refractivity contribution is 6.03. The number of nitrogens with one attached hydrogen (secondary N) is 1. The second-order valence-electron chi connectivity index (χ2n) is 5.16. The molecule has 1 aromatic rings. The number of halogens is 3. The minimum absolute atomic E-state index is 0.0505. The molecule has 2 nitrogen and oxygen atoms in total. The minimum Gasteiger partial charge on any atom is -0.325 e. The zero-order valence-electron chi connectivity index (χ0n) is 11.4. The molecule has 1 aliphatic rings. The van der Waals surface area contributed by atoms with Crippen LogP contribution < -0.4 is 5.32 Å². The number of unbranched alkanes of at least 4 members (excludes halogenated alkanes) is 3. The smallest absolute Gasteiger partial charge is 0.325 e. The standard InChI is InChI=1S/C15H18F3NO/c1-2-3-4-5-7-11-10-8-6-9-12(15(16,17)18)13(10)19-14(11)20/h6,8-9,11H,2-5,7H2,1H3,(H,19,20). The van der Waals surface area contributed by atoms with E-state index in [0.29, 0.717) is 12.0 Å². The highest BCUT2D eigenvalue weighted by Gasteiger charge is 2.40. The molecule has 0 bridgehead atoms. The second-order valence-corrected chi connectivity index (χ2v) is 5.16. The van der Waals surface area contributed by atoms with Crippen molar-refractivity contribution in [3.05, 3.63) is 29.3 Å². The van der Waals surface area contributed by atoms with E-state index in [1.54, 1.807) is 6.07 Å². The molecule has 20 heavy (non-hydrogen) atoms. The van der Waals surface area contributed by atoms with E-state index in [0.717, 1.165) is 31.7 Å². The topological polar surface area (TPSA) is 29.1 Å². The average Bonchev–Trinajstić information content (AvgIpc) is 2.69. The molecule has 0 aliphatic carbocycles. The van der Waals surface area contributed by atoms with Gasteiger partial charge < -0.3 is 5.32 Å². The Kier molecular flexibility index (Phi) is 4.35. The lowest BCUT2D eigenvalue weighted by Crippen LogP contribution is -2.13. The highest BCUT2D eigenvalue weighted by Crippen LogP contribution is 2.43. The number of amides is 1. The van der Waals surface area contributed by atoms with Crippen molar-refractivity contribution in [3.63, 3.8) is 0 Å². The van der Waals surface area contributed by atoms with E-state index in [1.165, 1.54) is 6.07 Å². The molecule has 5 heteroatoms. The van der Waals surface area contributed by atoms with Gasteiger partial charge in [0.2, 0.25) is 5.91 Å². The largest absolute Gasteiger partial charge is 0.418 e. The zero-order chi connectivity index (χ0) is 14.8. The van der Waals surface area contributed by atoms with E-state index in [2.05, 4.69) is 12.2 Å². The van der Waals surface area contributed by atoms with Crippen LogP contribution in [0.2, 0.25) is 0 Å². The molecule has 110 valence electrons. The number of rotatable bonds is 5. The molecule has 1 N–H and O–H groups in total. The van der Waals surface area contributed by atoms with Crippen molar-refractivity contribution in [2.24, 2.45) is 0 Å². The average molecular weight is 285 g/mol. The van der Waals surface area contributed by atoms with Crippen molar-refractivity contribution in [2.75, 3.05) is 5.32 Å². The van der Waals surface area contributed by atoms with Gasteiger partial charge in [0.15, 0.2) is 0 Å². The summed E-state index contributed by atoms with van der Waals surface area (Å²) in [5, 5.41) is 2.40. The van der Waals surface area contributed by atoms with E-state index in [9.17, 15) is 18.0 Å². The quantitative estimate of drug-likeness (QED) is 0.780. The van der Waals surface area contributed by atoms with Crippen LogP contribution in [-0.4, -0.2) is 5.91 Å². The van der Waals surface area contributed by atoms with Crippen LogP contribution in [-0.2, 0) is 11.0 Å². The van der Waals surface area contributed by atoms with Gasteiger partial charge in [0.05, 0.1) is 17.2 Å². The van der Waals surface area contributed by atoms with Crippen molar-refractivity contribution in [2.45, 2.75) is 51.1 Å². The van der Waals surface area contributed by atoms with Crippen molar-refractivity contribution in [3.8, 4) is 0 Å². The Morgan fingerprint density at radius 3 is 2.60 bits per heavy atom. The molecule has 0 fully saturated rings. The summed E-state index contributed by atoms with van der Waals surface area (Å²) in [7, 11) is 0. The van der Waals surface area contributed by atoms with Gasteiger partial charge in [0.25, 0.3) is 0 Å². The first-order valence-electron chi connectivity index (χ1n) is 6.96. The number of para-hydroxylation sites is 1. The van der Waals surface area contributed by atoms with Gasteiger partial charge in [-0.2, -0.15) is 13.2 Å². The lowest BCUT2D eigenvalue weighted by Gasteiger charge is -2.12. The summed E-state index contributed by atoms with van der Waals surface area (Å²) in [5.74, 6) is -0.752. The van der Waals surface area contributed by atoms with Gasteiger partial charge in [0, 0.05) is 0 Å². The maximum atomic E-state index is 12.9. The SMILES string of the molecule is CCCCCCC1C(=O)Nc2c1cccc2C(F)(F)F. The number of fused-ring (bicyclic) bond motifs is 1. The Bertz CT molecular complexity index is 496. The van der Waals surface area contributed by atoms with Gasteiger partial charge in [-0.15, -0.1) is 0 Å². The fraction of sp³-hybridized carbons (Fsp3) is 0.533. The summed E-state index contributed by atoms with van der Waals surface area (Å²) in [6.45, 7) is 2.09. The van der Waals surface area contributed by atoms with Gasteiger partial charge in [-0.1, -0.05) is 44.7 Å². The summed E-state index contributed by atoms with van der Waals surface area (Å²) in [6, 6.07) is 4.01. The third-order valence-electron chi connectivity index (χ3n) is 3.69. The van der Waals surface area contributed by atoms with Crippen molar-refractivity contribution >= 4 is 11.6 Å². The minimum atomic E-state index is -4.43. The van der Waals surface area contributed by atoms with Crippen molar-refractivity contribution < 1.29 is 18.0 Å². The van der Waals surface area contributed by atoms with Crippen molar-refractivity contribution in [1.82, 2.24) is 0 Å². The van der Waals surface area contributed by atoms with Crippen LogP contribution in [0, 0.1) is 0 Å². The predicted octanol–water partition coefficient (Wildman–Crippen LogP) is 4.71. The number of anilines is 1. The van der Waals surface area contributed by atoms with Gasteiger partial charge in [0.1, 0.15) is 0 Å². The van der Waals surface area contributed by atoms with Gasteiger partial charge in [-0.05, 0) is 18.1 Å². The van der Waals surface area contributed by atoms with Crippen LogP contribution >= 0.6 is 0 Å². The lowest BCUT2D eigenvalue weighted by molar-refractivity contribution is -0.136. The molecule has 2 rings (SSSR count). The molecule has 1 aliphatic heterocycles. The maximum absolute atomic E-state index is 12.9. The maximum Gasteiger partial charge on any atom is 0.418 e. The number of carbonyl (C=O) groups excluding carboxylic acids is 1. The Morgan fingerprint density at radius 2 is 1.95 bits per heavy atom. The first-order chi connectivity index (χ1) is 9.45. The fourth-order valence-corrected chi connectivity index (χ4v) is 2.65. The third kappa shape index (κ3) is 2.97. The molecular weight excluding hydrogens is 267 g/mol. The first kappa shape index (κ1) is 14.9. The van der Waals surface area contributed by atoms with Gasteiger partial charge >= 0.3 is 6.18 Å². The van der Waals surface area contributed by atoms with E-state index < -0.39 is 17.7 Å². The normalized spacial score (nSPS) is 18.0. The predicted molar refractivity (Wildman–Crippen MR) is 71.6 cm³/mol. The number of alkyl halides is 3. The van der Waals surface area contributed by atoms with Crippen LogP contribution in [0.3, 0.4) is 0 Å². The Morgan fingerprint density at radius 1 is 1.20 bits per heavy atom. The first-order valence-corrected chi connectivity index (χ1v) is 6.96. The monoisotopic (exact) mass is 285 g/mol. The Hall–Kier alpha value is -1.52. The van der Waals surface area contributed by atoms with Gasteiger partial charge in [-0.25, -0.2) is 0 Å². The molecule has 0 aromatic heterocycles. The van der Waals surface area contributed by atoms with Crippen LogP contribution in [0.4, 0.5) is 18.9 Å². The molecule has 1 atom stereocenters. The highest BCUT2D eigenvalue weighted by atomic mass is 19.4. The van der Waals surface area contributed by atoms with Crippen LogP contribution in [0.1, 0.15) is 56.1 Å². The van der Waals surface area contributed by atoms with Gasteiger partial charge in [-0.3, -0.25) is 4.79 Å². The summed E-state index contributed by atoms with van der Waals surface area (Å²) >= 11 is 0. The van der Waals surface area contributed by atoms with E-state index in [4.69, 9.17) is 0 Å². The number of benzene rings is 1. The van der Waals surface area contributed by atoms with Crippen molar-refractivity contribution in [1.29, 1.82) is 0 Å². The van der Waals surface area contributed by atoms with Crippen LogP contribution in [0.15, 0.2) is 18.2 Å². The second kappa shape index (κ2) is 5.85. The third-order valence-corrected chi connectivity index (χ3v) is 3.69. The Labute approximate surface area is 116 Å². The summed E-state index contributed by atoms with van der Waals surface area (Å²) in [5.41, 5.74) is -0.314. The zero-order valence-corrected chi connectivity index (χ0v) is 11.4. The molecule has 0 saturated carbocycles. The number of hydrogen-bond donors (Lipinski definition) is 1. The summed E-state index contributed by atoms with van der Waals surface area (Å²) < 4.78 is 38.7. The molecule has 1 unspecified atom stereocenters. The lowest BCUT2D eigenvalue weighted by atomic mass is 9.93. The molecule has 1 aromatic carbocycles. The molecule has 0 spiro atoms. The number of hydrogen-bond acceptors (Lipinski definition) is 1. The molecule has 1 heterocycles. The van der Waals surface area contributed by atoms with Crippen LogP contribution in [0.5, 0.6) is 0 Å².